The summed E-state index contributed by atoms with van der Waals surface area (Å²) in [5.74, 6) is 2.24. The highest BCUT2D eigenvalue weighted by atomic mass is 16.5. The number of nitrogens with zero attached hydrogens (tertiary/aromatic N) is 5. The standard InChI is InChI=1S/C29H35N5O4/c1-28(2,3)27-31-25(38-32-27)18-33-12-9-29(10-13-33)15-21-14-23(30-16-24(21)37-29)19-4-6-20(7-5-19)26(36)34-11-8-22(35)17-34/h4-7,14,16,22,35H,8-13,15,17-18H2,1-3H3/t22-/m1/s1. The van der Waals surface area contributed by atoms with Crippen LogP contribution in [0.15, 0.2) is 41.1 Å². The molecule has 6 rings (SSSR count). The SMILES string of the molecule is CC(C)(C)c1noc(CN2CCC3(CC2)Cc2cc(-c4ccc(C(=O)N5CC[C@@H](O)C5)cc4)ncc2O3)n1. The van der Waals surface area contributed by atoms with Gasteiger partial charge in [-0.25, -0.2) is 0 Å². The number of carbonyl (C=O) groups excluding carboxylic acids is 1. The topological polar surface area (TPSA) is 105 Å². The number of amides is 1. The molecule has 9 heteroatoms. The van der Waals surface area contributed by atoms with E-state index >= 15 is 0 Å². The first-order valence-corrected chi connectivity index (χ1v) is 13.5. The number of likely N-dealkylation sites (tertiary alicyclic amines) is 2. The first-order valence-electron chi connectivity index (χ1n) is 13.5. The minimum atomic E-state index is -0.418. The van der Waals surface area contributed by atoms with Crippen LogP contribution in [0.25, 0.3) is 11.3 Å². The van der Waals surface area contributed by atoms with Gasteiger partial charge in [-0.1, -0.05) is 38.1 Å². The molecule has 1 aromatic carbocycles. The molecule has 0 unspecified atom stereocenters. The van der Waals surface area contributed by atoms with Crippen LogP contribution >= 0.6 is 0 Å². The minimum absolute atomic E-state index is 0.0366. The first-order chi connectivity index (χ1) is 18.2. The molecule has 0 aliphatic carbocycles. The molecule has 2 fully saturated rings. The Bertz CT molecular complexity index is 1320. The smallest absolute Gasteiger partial charge is 0.253 e. The highest BCUT2D eigenvalue weighted by Gasteiger charge is 2.42. The second-order valence-electron chi connectivity index (χ2n) is 11.9. The maximum atomic E-state index is 12.7. The van der Waals surface area contributed by atoms with E-state index in [4.69, 9.17) is 9.26 Å². The van der Waals surface area contributed by atoms with Gasteiger partial charge >= 0.3 is 0 Å². The van der Waals surface area contributed by atoms with Crippen molar-refractivity contribution in [1.29, 1.82) is 0 Å². The van der Waals surface area contributed by atoms with Crippen LogP contribution in [-0.4, -0.2) is 73.8 Å². The number of benzene rings is 1. The third-order valence-corrected chi connectivity index (χ3v) is 7.93. The van der Waals surface area contributed by atoms with Gasteiger partial charge in [-0.05, 0) is 24.6 Å². The predicted octanol–water partition coefficient (Wildman–Crippen LogP) is 3.61. The fourth-order valence-corrected chi connectivity index (χ4v) is 5.59. The van der Waals surface area contributed by atoms with Crippen LogP contribution < -0.4 is 4.74 Å². The van der Waals surface area contributed by atoms with Gasteiger partial charge in [-0.3, -0.25) is 14.7 Å². The third-order valence-electron chi connectivity index (χ3n) is 7.93. The summed E-state index contributed by atoms with van der Waals surface area (Å²) in [5.41, 5.74) is 3.34. The lowest BCUT2D eigenvalue weighted by Crippen LogP contribution is -2.47. The number of carbonyl (C=O) groups is 1. The monoisotopic (exact) mass is 517 g/mol. The summed E-state index contributed by atoms with van der Waals surface area (Å²) in [4.78, 5) is 26.0. The summed E-state index contributed by atoms with van der Waals surface area (Å²) in [6, 6.07) is 9.70. The Hall–Kier alpha value is -3.30. The van der Waals surface area contributed by atoms with Gasteiger partial charge in [-0.15, -0.1) is 0 Å². The van der Waals surface area contributed by atoms with Crippen LogP contribution in [0.1, 0.15) is 67.7 Å². The van der Waals surface area contributed by atoms with Gasteiger partial charge in [0.15, 0.2) is 5.82 Å². The minimum Gasteiger partial charge on any atom is -0.485 e. The maximum Gasteiger partial charge on any atom is 0.253 e. The Morgan fingerprint density at radius 3 is 2.58 bits per heavy atom. The van der Waals surface area contributed by atoms with Crippen molar-refractivity contribution in [3.8, 4) is 17.0 Å². The number of aliphatic hydroxyl groups is 1. The lowest BCUT2D eigenvalue weighted by atomic mass is 9.87. The van der Waals surface area contributed by atoms with Gasteiger partial charge < -0.3 is 19.3 Å². The van der Waals surface area contributed by atoms with E-state index in [1.165, 1.54) is 5.56 Å². The number of hydrogen-bond donors (Lipinski definition) is 1. The second kappa shape index (κ2) is 9.47. The number of pyridine rings is 1. The average molecular weight is 518 g/mol. The third kappa shape index (κ3) is 4.92. The summed E-state index contributed by atoms with van der Waals surface area (Å²) in [7, 11) is 0. The molecule has 2 aromatic heterocycles. The molecule has 1 atom stereocenters. The number of hydrogen-bond acceptors (Lipinski definition) is 8. The highest BCUT2D eigenvalue weighted by molar-refractivity contribution is 5.94. The summed E-state index contributed by atoms with van der Waals surface area (Å²) in [6.45, 7) is 9.73. The fraction of sp³-hybridized carbons (Fsp3) is 0.517. The van der Waals surface area contributed by atoms with Gasteiger partial charge in [0.2, 0.25) is 5.89 Å². The molecule has 5 heterocycles. The van der Waals surface area contributed by atoms with E-state index in [1.807, 2.05) is 30.5 Å². The molecular formula is C29H35N5O4. The largest absolute Gasteiger partial charge is 0.485 e. The Labute approximate surface area is 222 Å². The fourth-order valence-electron chi connectivity index (χ4n) is 5.59. The van der Waals surface area contributed by atoms with E-state index in [0.717, 1.165) is 55.2 Å². The van der Waals surface area contributed by atoms with E-state index in [1.54, 1.807) is 4.90 Å². The van der Waals surface area contributed by atoms with Gasteiger partial charge in [-0.2, -0.15) is 4.98 Å². The molecule has 1 N–H and O–H groups in total. The zero-order chi connectivity index (χ0) is 26.5. The van der Waals surface area contributed by atoms with Crippen LogP contribution in [0.4, 0.5) is 0 Å². The molecule has 3 aromatic rings. The average Bonchev–Trinajstić information content (AvgIpc) is 3.63. The van der Waals surface area contributed by atoms with Crippen molar-refractivity contribution in [1.82, 2.24) is 24.9 Å². The number of ether oxygens (including phenoxy) is 1. The molecule has 0 bridgehead atoms. The molecule has 38 heavy (non-hydrogen) atoms. The molecule has 3 aliphatic heterocycles. The van der Waals surface area contributed by atoms with Crippen molar-refractivity contribution >= 4 is 5.91 Å². The quantitative estimate of drug-likeness (QED) is 0.560. The van der Waals surface area contributed by atoms with E-state index in [0.29, 0.717) is 37.5 Å². The van der Waals surface area contributed by atoms with E-state index in [2.05, 4.69) is 46.9 Å². The zero-order valence-corrected chi connectivity index (χ0v) is 22.3. The molecule has 0 saturated carbocycles. The number of β-amino-alcohol motifs (C(OH)–C–C–N with tert-alkyl or cyclic N) is 1. The van der Waals surface area contributed by atoms with Crippen LogP contribution in [0.5, 0.6) is 5.75 Å². The van der Waals surface area contributed by atoms with Crippen LogP contribution in [0, 0.1) is 0 Å². The molecule has 1 amide bonds. The van der Waals surface area contributed by atoms with Crippen molar-refractivity contribution in [2.75, 3.05) is 26.2 Å². The van der Waals surface area contributed by atoms with Gasteiger partial charge in [0.05, 0.1) is 24.5 Å². The predicted molar refractivity (Wildman–Crippen MR) is 141 cm³/mol. The Morgan fingerprint density at radius 1 is 1.16 bits per heavy atom. The lowest BCUT2D eigenvalue weighted by molar-refractivity contribution is 0.0140. The number of rotatable bonds is 4. The van der Waals surface area contributed by atoms with Crippen LogP contribution in [0.2, 0.25) is 0 Å². The van der Waals surface area contributed by atoms with Crippen LogP contribution in [-0.2, 0) is 18.4 Å². The number of piperidine rings is 1. The molecule has 200 valence electrons. The van der Waals surface area contributed by atoms with E-state index < -0.39 is 6.10 Å². The number of aromatic nitrogens is 3. The molecule has 9 nitrogen and oxygen atoms in total. The second-order valence-corrected chi connectivity index (χ2v) is 11.9. The normalized spacial score (nSPS) is 21.1. The van der Waals surface area contributed by atoms with Crippen molar-refractivity contribution in [2.24, 2.45) is 0 Å². The van der Waals surface area contributed by atoms with E-state index in [-0.39, 0.29) is 16.9 Å². The van der Waals surface area contributed by atoms with Crippen LogP contribution in [0.3, 0.4) is 0 Å². The Kier molecular flexibility index (Phi) is 6.23. The van der Waals surface area contributed by atoms with Crippen molar-refractivity contribution in [2.45, 2.75) is 70.1 Å². The highest BCUT2D eigenvalue weighted by Crippen LogP contribution is 2.42. The van der Waals surface area contributed by atoms with E-state index in [9.17, 15) is 9.90 Å². The Morgan fingerprint density at radius 2 is 1.92 bits per heavy atom. The molecule has 3 aliphatic rings. The van der Waals surface area contributed by atoms with Crippen molar-refractivity contribution in [3.05, 3.63) is 59.4 Å². The van der Waals surface area contributed by atoms with Gasteiger partial charge in [0.25, 0.3) is 5.91 Å². The number of fused-ring (bicyclic) bond motifs is 1. The summed E-state index contributed by atoms with van der Waals surface area (Å²) < 4.78 is 12.0. The molecule has 0 radical (unpaired) electrons. The zero-order valence-electron chi connectivity index (χ0n) is 22.3. The lowest BCUT2D eigenvalue weighted by Gasteiger charge is -2.38. The molecule has 2 saturated heterocycles. The summed E-state index contributed by atoms with van der Waals surface area (Å²) in [6.07, 6.45) is 4.79. The van der Waals surface area contributed by atoms with Crippen molar-refractivity contribution < 1.29 is 19.2 Å². The Balaban J connectivity index is 1.08. The van der Waals surface area contributed by atoms with Gasteiger partial charge in [0.1, 0.15) is 11.4 Å². The van der Waals surface area contributed by atoms with Gasteiger partial charge in [0, 0.05) is 67.5 Å². The maximum absolute atomic E-state index is 12.7. The summed E-state index contributed by atoms with van der Waals surface area (Å²) in [5, 5.41) is 13.9. The first kappa shape index (κ1) is 25.0. The number of aliphatic hydroxyl groups excluding tert-OH is 1. The van der Waals surface area contributed by atoms with Crippen molar-refractivity contribution in [3.63, 3.8) is 0 Å². The molecule has 1 spiro atoms. The molecular weight excluding hydrogens is 482 g/mol. The summed E-state index contributed by atoms with van der Waals surface area (Å²) >= 11 is 0.